The number of carbonyl (C=O) groups excluding carboxylic acids is 1. The summed E-state index contributed by atoms with van der Waals surface area (Å²) in [5.41, 5.74) is 1.58. The summed E-state index contributed by atoms with van der Waals surface area (Å²) < 4.78 is 5.62. The Kier molecular flexibility index (Phi) is 10.9. The number of fused-ring (bicyclic) bond motifs is 1. The average molecular weight is 549 g/mol. The molecule has 2 aliphatic rings. The molecule has 170 valence electrons. The van der Waals surface area contributed by atoms with E-state index in [4.69, 9.17) is 4.74 Å². The van der Waals surface area contributed by atoms with Gasteiger partial charge in [0.1, 0.15) is 6.54 Å². The van der Waals surface area contributed by atoms with Crippen molar-refractivity contribution in [2.24, 2.45) is 10.4 Å². The molecule has 30 heavy (non-hydrogen) atoms. The number of carbonyl (C=O) groups is 1. The predicted octanol–water partition coefficient (Wildman–Crippen LogP) is 3.79. The second-order valence-electron chi connectivity index (χ2n) is 8.14. The smallest absolute Gasteiger partial charge is 0.244 e. The second kappa shape index (κ2) is 12.9. The zero-order valence-electron chi connectivity index (χ0n) is 18.4. The van der Waals surface area contributed by atoms with E-state index in [2.05, 4.69) is 34.0 Å². The number of amides is 1. The van der Waals surface area contributed by atoms with Gasteiger partial charge in [0.2, 0.25) is 5.91 Å². The first-order valence-corrected chi connectivity index (χ1v) is 12.0. The molecule has 0 bridgehead atoms. The molecule has 1 saturated carbocycles. The van der Waals surface area contributed by atoms with Gasteiger partial charge in [-0.3, -0.25) is 4.79 Å². The lowest BCUT2D eigenvalue weighted by Crippen LogP contribution is -2.44. The number of halogens is 1. The SMILES string of the molecule is CCNC(=NCC(=O)N1CCc2sccc2C1)NCC1(CCOCC)CCCC1.I. The van der Waals surface area contributed by atoms with Crippen molar-refractivity contribution in [1.29, 1.82) is 0 Å². The molecule has 0 aromatic carbocycles. The first-order valence-electron chi connectivity index (χ1n) is 11.1. The summed E-state index contributed by atoms with van der Waals surface area (Å²) in [7, 11) is 0. The maximum Gasteiger partial charge on any atom is 0.244 e. The van der Waals surface area contributed by atoms with Gasteiger partial charge in [0.05, 0.1) is 0 Å². The van der Waals surface area contributed by atoms with E-state index in [0.29, 0.717) is 0 Å². The average Bonchev–Trinajstić information content (AvgIpc) is 3.39. The van der Waals surface area contributed by atoms with Crippen LogP contribution in [0.25, 0.3) is 0 Å². The van der Waals surface area contributed by atoms with E-state index in [1.165, 1.54) is 36.1 Å². The van der Waals surface area contributed by atoms with Crippen LogP contribution < -0.4 is 10.6 Å². The molecule has 2 N–H and O–H groups in total. The zero-order valence-corrected chi connectivity index (χ0v) is 21.5. The van der Waals surface area contributed by atoms with Gasteiger partial charge in [0.25, 0.3) is 0 Å². The molecule has 6 nitrogen and oxygen atoms in total. The fourth-order valence-corrected chi connectivity index (χ4v) is 5.28. The van der Waals surface area contributed by atoms with Crippen LogP contribution in [0.15, 0.2) is 16.4 Å². The summed E-state index contributed by atoms with van der Waals surface area (Å²) in [6.07, 6.45) is 7.11. The number of aliphatic imine (C=N–C) groups is 1. The van der Waals surface area contributed by atoms with Crippen molar-refractivity contribution in [3.05, 3.63) is 21.9 Å². The van der Waals surface area contributed by atoms with E-state index in [-0.39, 0.29) is 41.8 Å². The van der Waals surface area contributed by atoms with Gasteiger partial charge in [0.15, 0.2) is 5.96 Å². The molecular formula is C22H37IN4O2S. The molecule has 1 fully saturated rings. The normalized spacial score (nSPS) is 17.9. The molecule has 0 saturated heterocycles. The van der Waals surface area contributed by atoms with Gasteiger partial charge in [-0.25, -0.2) is 4.99 Å². The molecule has 0 radical (unpaired) electrons. The van der Waals surface area contributed by atoms with Crippen LogP contribution in [0, 0.1) is 5.41 Å². The Morgan fingerprint density at radius 2 is 2.10 bits per heavy atom. The number of hydrogen-bond donors (Lipinski definition) is 2. The fraction of sp³-hybridized carbons (Fsp3) is 0.727. The maximum absolute atomic E-state index is 12.7. The monoisotopic (exact) mass is 548 g/mol. The highest BCUT2D eigenvalue weighted by Gasteiger charge is 2.33. The lowest BCUT2D eigenvalue weighted by molar-refractivity contribution is -0.130. The Balaban J connectivity index is 0.00000320. The number of rotatable bonds is 9. The van der Waals surface area contributed by atoms with Crippen LogP contribution in [0.5, 0.6) is 0 Å². The molecule has 0 unspecified atom stereocenters. The van der Waals surface area contributed by atoms with E-state index >= 15 is 0 Å². The van der Waals surface area contributed by atoms with Gasteiger partial charge in [-0.05, 0) is 62.0 Å². The molecule has 0 spiro atoms. The van der Waals surface area contributed by atoms with E-state index in [1.54, 1.807) is 11.3 Å². The van der Waals surface area contributed by atoms with E-state index in [0.717, 1.165) is 58.2 Å². The lowest BCUT2D eigenvalue weighted by Gasteiger charge is -2.30. The van der Waals surface area contributed by atoms with Crippen molar-refractivity contribution < 1.29 is 9.53 Å². The number of thiophene rings is 1. The minimum atomic E-state index is 0. The highest BCUT2D eigenvalue weighted by atomic mass is 127. The Bertz CT molecular complexity index is 688. The zero-order chi connectivity index (χ0) is 20.5. The largest absolute Gasteiger partial charge is 0.382 e. The van der Waals surface area contributed by atoms with E-state index in [9.17, 15) is 4.79 Å². The first-order chi connectivity index (χ1) is 14.2. The fourth-order valence-electron chi connectivity index (χ4n) is 4.39. The van der Waals surface area contributed by atoms with Crippen molar-refractivity contribution >= 4 is 47.2 Å². The maximum atomic E-state index is 12.7. The van der Waals surface area contributed by atoms with Gasteiger partial charge < -0.3 is 20.3 Å². The number of hydrogen-bond acceptors (Lipinski definition) is 4. The van der Waals surface area contributed by atoms with Crippen molar-refractivity contribution in [2.45, 2.75) is 58.9 Å². The molecule has 1 aliphatic carbocycles. The van der Waals surface area contributed by atoms with Crippen molar-refractivity contribution in [3.8, 4) is 0 Å². The Morgan fingerprint density at radius 1 is 1.30 bits per heavy atom. The van der Waals surface area contributed by atoms with Gasteiger partial charge in [-0.15, -0.1) is 35.3 Å². The summed E-state index contributed by atoms with van der Waals surface area (Å²) in [5, 5.41) is 8.93. The van der Waals surface area contributed by atoms with Crippen LogP contribution in [-0.4, -0.2) is 56.2 Å². The van der Waals surface area contributed by atoms with Crippen LogP contribution in [0.3, 0.4) is 0 Å². The third-order valence-electron chi connectivity index (χ3n) is 6.15. The van der Waals surface area contributed by atoms with Gasteiger partial charge in [-0.2, -0.15) is 0 Å². The van der Waals surface area contributed by atoms with Gasteiger partial charge in [-0.1, -0.05) is 12.8 Å². The Morgan fingerprint density at radius 3 is 2.83 bits per heavy atom. The Hall–Kier alpha value is -0.870. The number of nitrogens with zero attached hydrogens (tertiary/aromatic N) is 2. The van der Waals surface area contributed by atoms with Crippen molar-refractivity contribution in [1.82, 2.24) is 15.5 Å². The minimum absolute atomic E-state index is 0. The molecule has 3 rings (SSSR count). The van der Waals surface area contributed by atoms with Crippen LogP contribution in [0.2, 0.25) is 0 Å². The molecule has 1 aromatic heterocycles. The summed E-state index contributed by atoms with van der Waals surface area (Å²) in [6, 6.07) is 2.14. The van der Waals surface area contributed by atoms with Crippen molar-refractivity contribution in [2.75, 3.05) is 39.4 Å². The van der Waals surface area contributed by atoms with E-state index < -0.39 is 0 Å². The summed E-state index contributed by atoms with van der Waals surface area (Å²) in [4.78, 5) is 20.6. The second-order valence-corrected chi connectivity index (χ2v) is 9.14. The number of ether oxygens (including phenoxy) is 1. The van der Waals surface area contributed by atoms with Crippen LogP contribution in [-0.2, 0) is 22.5 Å². The number of nitrogens with one attached hydrogen (secondary N) is 2. The Labute approximate surface area is 202 Å². The lowest BCUT2D eigenvalue weighted by atomic mass is 9.83. The molecule has 2 heterocycles. The molecule has 1 amide bonds. The molecule has 1 aliphatic heterocycles. The topological polar surface area (TPSA) is 66.0 Å². The van der Waals surface area contributed by atoms with Crippen LogP contribution in [0.1, 0.15) is 56.4 Å². The third-order valence-corrected chi connectivity index (χ3v) is 7.18. The number of guanidine groups is 1. The van der Waals surface area contributed by atoms with Crippen molar-refractivity contribution in [3.63, 3.8) is 0 Å². The van der Waals surface area contributed by atoms with Gasteiger partial charge in [0, 0.05) is 44.3 Å². The predicted molar refractivity (Wildman–Crippen MR) is 135 cm³/mol. The summed E-state index contributed by atoms with van der Waals surface area (Å²) in [5.74, 6) is 0.850. The minimum Gasteiger partial charge on any atom is -0.382 e. The summed E-state index contributed by atoms with van der Waals surface area (Å²) >= 11 is 1.79. The van der Waals surface area contributed by atoms with Gasteiger partial charge >= 0.3 is 0 Å². The van der Waals surface area contributed by atoms with E-state index in [1.807, 2.05) is 11.8 Å². The standard InChI is InChI=1S/C22H36N4O2S.HI/c1-3-23-21(25-17-22(9-5-6-10-22)11-13-28-4-2)24-15-20(27)26-12-7-19-18(16-26)8-14-29-19;/h8,14H,3-7,9-13,15-17H2,1-2H3,(H2,23,24,25);1H. The first kappa shape index (κ1) is 25.4. The molecule has 8 heteroatoms. The van der Waals surface area contributed by atoms with Crippen LogP contribution in [0.4, 0.5) is 0 Å². The quantitative estimate of drug-likeness (QED) is 0.213. The highest BCUT2D eigenvalue weighted by Crippen LogP contribution is 2.40. The third kappa shape index (κ3) is 7.09. The van der Waals surface area contributed by atoms with Crippen LogP contribution >= 0.6 is 35.3 Å². The molecule has 1 aromatic rings. The molecule has 0 atom stereocenters. The summed E-state index contributed by atoms with van der Waals surface area (Å²) in [6.45, 7) is 9.10. The highest BCUT2D eigenvalue weighted by molar-refractivity contribution is 14.0. The molecular weight excluding hydrogens is 511 g/mol.